The van der Waals surface area contributed by atoms with Crippen molar-refractivity contribution in [2.45, 2.75) is 51.4 Å². The molecule has 0 radical (unpaired) electrons. The molecule has 1 heterocycles. The summed E-state index contributed by atoms with van der Waals surface area (Å²) in [5, 5.41) is 3.51. The number of fused-ring (bicyclic) bond motifs is 1. The average molecular weight is 444 g/mol. The Labute approximate surface area is 185 Å². The molecular formula is C22H28N4O6. The van der Waals surface area contributed by atoms with E-state index >= 15 is 0 Å². The van der Waals surface area contributed by atoms with Gasteiger partial charge in [0.25, 0.3) is 0 Å². The van der Waals surface area contributed by atoms with E-state index in [1.165, 1.54) is 7.11 Å². The Morgan fingerprint density at radius 3 is 2.62 bits per heavy atom. The van der Waals surface area contributed by atoms with Crippen molar-refractivity contribution in [3.05, 3.63) is 35.5 Å². The Hall–Kier alpha value is -3.49. The lowest BCUT2D eigenvalue weighted by Crippen LogP contribution is -2.48. The number of para-hydroxylation sites is 1. The number of esters is 1. The number of ether oxygens (including phenoxy) is 3. The highest BCUT2D eigenvalue weighted by Crippen LogP contribution is 2.28. The lowest BCUT2D eigenvalue weighted by atomic mass is 10.0. The molecule has 0 aliphatic rings. The molecule has 2 atom stereocenters. The zero-order valence-corrected chi connectivity index (χ0v) is 18.6. The molecule has 0 aliphatic carbocycles. The van der Waals surface area contributed by atoms with E-state index in [0.29, 0.717) is 5.75 Å². The van der Waals surface area contributed by atoms with Gasteiger partial charge in [-0.1, -0.05) is 12.1 Å². The molecule has 0 saturated heterocycles. The minimum Gasteiger partial charge on any atom is -0.495 e. The van der Waals surface area contributed by atoms with Gasteiger partial charge in [-0.25, -0.2) is 4.79 Å². The van der Waals surface area contributed by atoms with Crippen LogP contribution in [0.3, 0.4) is 0 Å². The molecule has 0 unspecified atom stereocenters. The molecular weight excluding hydrogens is 416 g/mol. The molecule has 10 heteroatoms. The maximum absolute atomic E-state index is 12.9. The van der Waals surface area contributed by atoms with E-state index in [-0.39, 0.29) is 19.3 Å². The summed E-state index contributed by atoms with van der Waals surface area (Å²) in [6.45, 7) is 3.37. The van der Waals surface area contributed by atoms with Gasteiger partial charge in [0.05, 0.1) is 18.7 Å². The van der Waals surface area contributed by atoms with Gasteiger partial charge in [0, 0.05) is 31.5 Å². The lowest BCUT2D eigenvalue weighted by Gasteiger charge is -2.21. The highest BCUT2D eigenvalue weighted by atomic mass is 16.5. The summed E-state index contributed by atoms with van der Waals surface area (Å²) in [5.74, 6) is -0.979. The van der Waals surface area contributed by atoms with E-state index < -0.39 is 35.9 Å². The van der Waals surface area contributed by atoms with E-state index in [1.807, 2.05) is 18.2 Å². The molecule has 172 valence electrons. The second-order valence-electron chi connectivity index (χ2n) is 7.42. The van der Waals surface area contributed by atoms with Gasteiger partial charge in [-0.2, -0.15) is 4.79 Å². The van der Waals surface area contributed by atoms with Crippen molar-refractivity contribution in [3.63, 3.8) is 0 Å². The third kappa shape index (κ3) is 6.50. The van der Waals surface area contributed by atoms with Gasteiger partial charge in [0.1, 0.15) is 17.9 Å². The molecule has 0 saturated carbocycles. The molecule has 2 aromatic rings. The number of hydrogen-bond acceptors (Lipinski definition) is 6. The average Bonchev–Trinajstić information content (AvgIpc) is 3.17. The van der Waals surface area contributed by atoms with E-state index in [9.17, 15) is 14.4 Å². The van der Waals surface area contributed by atoms with Crippen LogP contribution in [0.4, 0.5) is 0 Å². The predicted molar refractivity (Wildman–Crippen MR) is 116 cm³/mol. The number of hydrogen-bond donors (Lipinski definition) is 2. The van der Waals surface area contributed by atoms with Crippen LogP contribution in [0.1, 0.15) is 32.3 Å². The van der Waals surface area contributed by atoms with Gasteiger partial charge in [0.2, 0.25) is 11.7 Å². The highest BCUT2D eigenvalue weighted by molar-refractivity contribution is 6.25. The van der Waals surface area contributed by atoms with E-state index in [1.54, 1.807) is 27.2 Å². The Kier molecular flexibility index (Phi) is 9.12. The Bertz CT molecular complexity index is 1010. The fourth-order valence-corrected chi connectivity index (χ4v) is 3.25. The number of H-pyrrole nitrogens is 1. The number of carbonyl (C=O) groups is 3. The molecule has 1 aromatic heterocycles. The Balaban J connectivity index is 2.15. The Morgan fingerprint density at radius 1 is 1.25 bits per heavy atom. The molecule has 0 spiro atoms. The second-order valence-corrected chi connectivity index (χ2v) is 7.42. The van der Waals surface area contributed by atoms with Crippen LogP contribution in [0.5, 0.6) is 5.75 Å². The first-order chi connectivity index (χ1) is 15.3. The van der Waals surface area contributed by atoms with Crippen LogP contribution in [0.2, 0.25) is 0 Å². The number of amides is 1. The number of aromatic amines is 1. The number of benzene rings is 1. The summed E-state index contributed by atoms with van der Waals surface area (Å²) >= 11 is 0. The van der Waals surface area contributed by atoms with Gasteiger partial charge in [-0.15, -0.1) is 0 Å². The van der Waals surface area contributed by atoms with E-state index in [0.717, 1.165) is 22.7 Å². The number of carbonyl (C=O) groups excluding carboxylic acids is 3. The van der Waals surface area contributed by atoms with Crippen molar-refractivity contribution >= 4 is 34.8 Å². The zero-order chi connectivity index (χ0) is 23.7. The number of methoxy groups -OCH3 is 2. The zero-order valence-electron chi connectivity index (χ0n) is 18.6. The van der Waals surface area contributed by atoms with Crippen LogP contribution >= 0.6 is 0 Å². The fraction of sp³-hybridized carbons (Fsp3) is 0.455. The quantitative estimate of drug-likeness (QED) is 0.221. The summed E-state index contributed by atoms with van der Waals surface area (Å²) < 4.78 is 15.9. The fourth-order valence-electron chi connectivity index (χ4n) is 3.25. The van der Waals surface area contributed by atoms with E-state index in [2.05, 4.69) is 15.1 Å². The molecule has 10 nitrogen and oxygen atoms in total. The van der Waals surface area contributed by atoms with Crippen molar-refractivity contribution in [3.8, 4) is 5.75 Å². The number of nitrogens with zero attached hydrogens (tertiary/aromatic N) is 2. The maximum Gasteiger partial charge on any atom is 0.328 e. The number of rotatable bonds is 12. The number of nitrogens with one attached hydrogen (secondary N) is 2. The van der Waals surface area contributed by atoms with Crippen LogP contribution in [0, 0.1) is 0 Å². The van der Waals surface area contributed by atoms with Crippen molar-refractivity contribution in [1.29, 1.82) is 0 Å². The van der Waals surface area contributed by atoms with Crippen LogP contribution in [-0.4, -0.2) is 66.1 Å². The summed E-state index contributed by atoms with van der Waals surface area (Å²) in [5.41, 5.74) is 10.1. The largest absolute Gasteiger partial charge is 0.495 e. The number of Topliss-reactive ketones (excluding diaryl/α,β-unsaturated/α-hetero) is 1. The van der Waals surface area contributed by atoms with Crippen molar-refractivity contribution in [2.24, 2.45) is 0 Å². The van der Waals surface area contributed by atoms with Gasteiger partial charge >= 0.3 is 12.2 Å². The van der Waals surface area contributed by atoms with Crippen molar-refractivity contribution in [1.82, 2.24) is 10.3 Å². The highest BCUT2D eigenvalue weighted by Gasteiger charge is 2.28. The van der Waals surface area contributed by atoms with Gasteiger partial charge < -0.3 is 30.0 Å². The third-order valence-corrected chi connectivity index (χ3v) is 4.80. The molecule has 2 N–H and O–H groups in total. The molecule has 32 heavy (non-hydrogen) atoms. The van der Waals surface area contributed by atoms with Crippen LogP contribution in [0.15, 0.2) is 24.4 Å². The summed E-state index contributed by atoms with van der Waals surface area (Å²) in [6.07, 6.45) is 1.38. The second kappa shape index (κ2) is 11.8. The molecule has 0 bridgehead atoms. The minimum atomic E-state index is -1.05. The molecule has 1 aromatic carbocycles. The van der Waals surface area contributed by atoms with Crippen molar-refractivity contribution < 1.29 is 33.4 Å². The predicted octanol–water partition coefficient (Wildman–Crippen LogP) is 1.82. The number of ketones is 1. The lowest BCUT2D eigenvalue weighted by molar-refractivity contribution is -0.152. The molecule has 2 rings (SSSR count). The summed E-state index contributed by atoms with van der Waals surface area (Å²) in [4.78, 5) is 42.8. The maximum atomic E-state index is 12.9. The SMILES string of the molecule is COc1cccc2c(C[C@H](OC)C(=O)N[C@@H](CCC(=O)C=[N+]=[N-])C(=O)OC(C)C)c[nH]c12. The first-order valence-corrected chi connectivity index (χ1v) is 10.2. The molecule has 0 fully saturated rings. The van der Waals surface area contributed by atoms with Crippen LogP contribution < -0.4 is 10.1 Å². The molecule has 1 amide bonds. The Morgan fingerprint density at radius 2 is 2.00 bits per heavy atom. The van der Waals surface area contributed by atoms with Crippen LogP contribution in [-0.2, 0) is 30.3 Å². The number of aromatic nitrogens is 1. The minimum absolute atomic E-state index is 0.0110. The van der Waals surface area contributed by atoms with Gasteiger partial charge in [-0.3, -0.25) is 9.59 Å². The first kappa shape index (κ1) is 24.8. The first-order valence-electron chi connectivity index (χ1n) is 10.2. The summed E-state index contributed by atoms with van der Waals surface area (Å²) in [6, 6.07) is 4.54. The standard InChI is InChI=1S/C22H28N4O6/c1-13(2)32-22(29)17(9-8-15(27)12-25-23)26-21(28)19(31-4)10-14-11-24-20-16(14)6-5-7-18(20)30-3/h5-7,11-13,17,19,24H,8-10H2,1-4H3,(H,26,28)/t17-,19-/m0/s1. The van der Waals surface area contributed by atoms with Crippen LogP contribution in [0.25, 0.3) is 16.4 Å². The van der Waals surface area contributed by atoms with Crippen molar-refractivity contribution in [2.75, 3.05) is 14.2 Å². The normalized spacial score (nSPS) is 12.7. The van der Waals surface area contributed by atoms with Gasteiger partial charge in [0.15, 0.2) is 0 Å². The monoisotopic (exact) mass is 444 g/mol. The summed E-state index contributed by atoms with van der Waals surface area (Å²) in [7, 11) is 2.98. The van der Waals surface area contributed by atoms with E-state index in [4.69, 9.17) is 19.7 Å². The van der Waals surface area contributed by atoms with Gasteiger partial charge in [-0.05, 0) is 31.9 Å². The third-order valence-electron chi connectivity index (χ3n) is 4.80. The molecule has 0 aliphatic heterocycles. The topological polar surface area (TPSA) is 143 Å². The smallest absolute Gasteiger partial charge is 0.328 e.